The third-order valence-electron chi connectivity index (χ3n) is 1.18. The second-order valence-corrected chi connectivity index (χ2v) is 5.18. The van der Waals surface area contributed by atoms with Gasteiger partial charge in [0.1, 0.15) is 0 Å². The monoisotopic (exact) mass is 120 g/mol. The first-order chi connectivity index (χ1) is 3.12. The Morgan fingerprint density at radius 3 is 1.71 bits per heavy atom. The number of hydrogen-bond acceptors (Lipinski definition) is 1. The van der Waals surface area contributed by atoms with Crippen LogP contribution in [0.15, 0.2) is 0 Å². The Hall–Kier alpha value is 0.260. The van der Waals surface area contributed by atoms with Gasteiger partial charge in [-0.25, -0.2) is 0 Å². The second kappa shape index (κ2) is 2.54. The van der Waals surface area contributed by atoms with Crippen LogP contribution in [0.5, 0.6) is 0 Å². The molecule has 0 aliphatic carbocycles. The Bertz CT molecular complexity index is 80.1. The van der Waals surface area contributed by atoms with Gasteiger partial charge in [-0.15, -0.1) is 0 Å². The van der Waals surface area contributed by atoms with E-state index in [-0.39, 0.29) is 0 Å². The molecule has 0 rings (SSSR count). The summed E-state index contributed by atoms with van der Waals surface area (Å²) in [4.78, 5) is 9.13. The van der Waals surface area contributed by atoms with Gasteiger partial charge in [-0.2, -0.15) is 0 Å². The molecule has 0 saturated heterocycles. The van der Waals surface area contributed by atoms with E-state index in [1.54, 1.807) is 0 Å². The van der Waals surface area contributed by atoms with E-state index in [9.17, 15) is 0 Å². The largest absolute Gasteiger partial charge is 0.377 e. The molecule has 0 unspecified atom stereocenters. The second-order valence-electron chi connectivity index (χ2n) is 1.73. The maximum atomic E-state index is 9.13. The average molecular weight is 120 g/mol. The van der Waals surface area contributed by atoms with Gasteiger partial charge in [0.25, 0.3) is 0 Å². The third-order valence-corrected chi connectivity index (χ3v) is 3.53. The summed E-state index contributed by atoms with van der Waals surface area (Å²) in [6, 6.07) is 0. The molecule has 0 radical (unpaired) electrons. The third kappa shape index (κ3) is 2.90. The van der Waals surface area contributed by atoms with Gasteiger partial charge in [-0.05, 0) is 19.4 Å². The fourth-order valence-electron chi connectivity index (χ4n) is 0.224. The van der Waals surface area contributed by atoms with Crippen molar-refractivity contribution in [2.24, 2.45) is 0 Å². The number of rotatable bonds is 2. The van der Waals surface area contributed by atoms with Crippen LogP contribution in [0.1, 0.15) is 13.8 Å². The van der Waals surface area contributed by atoms with Gasteiger partial charge in [0.05, 0.1) is 0 Å². The van der Waals surface area contributed by atoms with Gasteiger partial charge >= 0.3 is 0 Å². The summed E-state index contributed by atoms with van der Waals surface area (Å²) in [6.07, 6.45) is 5.38. The van der Waals surface area contributed by atoms with Gasteiger partial charge in [-0.1, -0.05) is 20.1 Å². The Kier molecular flexibility index (Phi) is 2.63. The van der Waals surface area contributed by atoms with Crippen molar-refractivity contribution in [3.63, 3.8) is 0 Å². The van der Waals surface area contributed by atoms with E-state index in [1.807, 2.05) is 13.8 Å². The van der Waals surface area contributed by atoms with Gasteiger partial charge in [0.15, 0.2) is 0 Å². The molecule has 0 atom stereocenters. The normalized spacial score (nSPS) is 11.9. The van der Waals surface area contributed by atoms with Crippen LogP contribution in [0.3, 0.4) is 0 Å². The quantitative estimate of drug-likeness (QED) is 0.546. The van der Waals surface area contributed by atoms with Gasteiger partial charge in [0, 0.05) is 0 Å². The zero-order chi connectivity index (χ0) is 5.91. The molecular formula is C5H13OP. The molecule has 0 bridgehead atoms. The van der Waals surface area contributed by atoms with Crippen LogP contribution in [0.4, 0.5) is 0 Å². The van der Waals surface area contributed by atoms with E-state index in [4.69, 9.17) is 4.89 Å². The summed E-state index contributed by atoms with van der Waals surface area (Å²) >= 11 is 0. The lowest BCUT2D eigenvalue weighted by Gasteiger charge is -2.09. The number of hydrogen-bond donors (Lipinski definition) is 1. The zero-order valence-corrected chi connectivity index (χ0v) is 5.91. The Balaban J connectivity index is 3.61. The molecule has 0 aliphatic heterocycles. The van der Waals surface area contributed by atoms with Crippen LogP contribution < -0.4 is 0 Å². The van der Waals surface area contributed by atoms with Crippen molar-refractivity contribution in [2.45, 2.75) is 13.8 Å². The van der Waals surface area contributed by atoms with E-state index in [0.717, 1.165) is 12.3 Å². The molecule has 0 saturated carbocycles. The molecule has 0 aromatic carbocycles. The van der Waals surface area contributed by atoms with Crippen molar-refractivity contribution in [2.75, 3.05) is 12.3 Å². The van der Waals surface area contributed by atoms with Crippen LogP contribution in [-0.2, 0) is 0 Å². The lowest BCUT2D eigenvalue weighted by molar-refractivity contribution is 0.622. The predicted octanol–water partition coefficient (Wildman–Crippen LogP) is 1.38. The highest BCUT2D eigenvalue weighted by Gasteiger charge is 1.99. The molecule has 0 fully saturated rings. The Morgan fingerprint density at radius 1 is 1.43 bits per heavy atom. The fraction of sp³-hybridized carbons (Fsp3) is 0.800. The highest BCUT2D eigenvalue weighted by molar-refractivity contribution is 7.68. The SMILES string of the molecule is C=P(O)(CC)CC. The summed E-state index contributed by atoms with van der Waals surface area (Å²) in [5.74, 6) is 0. The van der Waals surface area contributed by atoms with E-state index in [2.05, 4.69) is 6.30 Å². The van der Waals surface area contributed by atoms with Crippen molar-refractivity contribution in [1.29, 1.82) is 0 Å². The Morgan fingerprint density at radius 2 is 1.71 bits per heavy atom. The van der Waals surface area contributed by atoms with Crippen LogP contribution in [-0.4, -0.2) is 23.5 Å². The van der Waals surface area contributed by atoms with E-state index in [1.165, 1.54) is 0 Å². The van der Waals surface area contributed by atoms with E-state index < -0.39 is 7.11 Å². The van der Waals surface area contributed by atoms with Gasteiger partial charge < -0.3 is 4.89 Å². The molecule has 0 amide bonds. The van der Waals surface area contributed by atoms with Crippen LogP contribution in [0, 0.1) is 0 Å². The minimum atomic E-state index is -1.65. The standard InChI is InChI=1S/C5H13OP/c1-4-7(3,6)5-2/h6H,3-5H2,1-2H3. The van der Waals surface area contributed by atoms with Crippen molar-refractivity contribution in [3.05, 3.63) is 0 Å². The Labute approximate surface area is 45.4 Å². The van der Waals surface area contributed by atoms with E-state index >= 15 is 0 Å². The van der Waals surface area contributed by atoms with Crippen molar-refractivity contribution in [3.8, 4) is 0 Å². The molecule has 0 spiro atoms. The van der Waals surface area contributed by atoms with Gasteiger partial charge in [0.2, 0.25) is 0 Å². The fourth-order valence-corrected chi connectivity index (χ4v) is 0.671. The summed E-state index contributed by atoms with van der Waals surface area (Å²) in [6.45, 7) is 3.95. The topological polar surface area (TPSA) is 20.2 Å². The highest BCUT2D eigenvalue weighted by Crippen LogP contribution is 2.37. The first kappa shape index (κ1) is 7.26. The lowest BCUT2D eigenvalue weighted by atomic mass is 11.0. The first-order valence-electron chi connectivity index (χ1n) is 2.56. The minimum Gasteiger partial charge on any atom is -0.377 e. The molecule has 2 heteroatoms. The zero-order valence-electron chi connectivity index (χ0n) is 5.02. The minimum absolute atomic E-state index is 0.851. The van der Waals surface area contributed by atoms with Crippen molar-refractivity contribution in [1.82, 2.24) is 0 Å². The van der Waals surface area contributed by atoms with E-state index in [0.29, 0.717) is 0 Å². The molecule has 0 aromatic rings. The summed E-state index contributed by atoms with van der Waals surface area (Å²) < 4.78 is 0. The molecule has 1 N–H and O–H groups in total. The summed E-state index contributed by atoms with van der Waals surface area (Å²) in [7, 11) is -1.65. The molecule has 0 aliphatic rings. The van der Waals surface area contributed by atoms with Crippen molar-refractivity contribution >= 4 is 13.4 Å². The average Bonchev–Trinajstić information content (AvgIpc) is 1.68. The predicted molar refractivity (Wildman–Crippen MR) is 37.3 cm³/mol. The maximum absolute atomic E-state index is 9.13. The molecular weight excluding hydrogens is 107 g/mol. The van der Waals surface area contributed by atoms with Gasteiger partial charge in [-0.3, -0.25) is 0 Å². The molecule has 7 heavy (non-hydrogen) atoms. The molecule has 0 heterocycles. The van der Waals surface area contributed by atoms with Crippen LogP contribution in [0.2, 0.25) is 0 Å². The smallest absolute Gasteiger partial charge is 0.00256 e. The van der Waals surface area contributed by atoms with Crippen LogP contribution in [0.25, 0.3) is 0 Å². The highest BCUT2D eigenvalue weighted by atomic mass is 31.2. The summed E-state index contributed by atoms with van der Waals surface area (Å²) in [5.41, 5.74) is 0. The van der Waals surface area contributed by atoms with Crippen molar-refractivity contribution < 1.29 is 4.89 Å². The molecule has 44 valence electrons. The molecule has 1 nitrogen and oxygen atoms in total. The van der Waals surface area contributed by atoms with Crippen LogP contribution >= 0.6 is 7.11 Å². The maximum Gasteiger partial charge on any atom is -0.00256 e. The first-order valence-corrected chi connectivity index (χ1v) is 4.86. The lowest BCUT2D eigenvalue weighted by Crippen LogP contribution is -1.85. The summed E-state index contributed by atoms with van der Waals surface area (Å²) in [5, 5.41) is 0. The molecule has 0 aromatic heterocycles.